The molecule has 2 rings (SSSR count). The van der Waals surface area contributed by atoms with E-state index in [0.29, 0.717) is 6.04 Å². The fourth-order valence-electron chi connectivity index (χ4n) is 2.56. The zero-order valence-electron chi connectivity index (χ0n) is 12.0. The second-order valence-corrected chi connectivity index (χ2v) is 6.16. The summed E-state index contributed by atoms with van der Waals surface area (Å²) in [4.78, 5) is 14.8. The highest BCUT2D eigenvalue weighted by atomic mass is 127. The number of nitrogens with one attached hydrogen (secondary N) is 1. The molecule has 0 bridgehead atoms. The number of carbonyl (C=O) groups is 1. The van der Waals surface area contributed by atoms with E-state index >= 15 is 0 Å². The summed E-state index contributed by atoms with van der Waals surface area (Å²) in [5.41, 5.74) is 2.02. The van der Waals surface area contributed by atoms with Crippen LogP contribution in [-0.4, -0.2) is 36.5 Å². The van der Waals surface area contributed by atoms with E-state index in [-0.39, 0.29) is 18.3 Å². The zero-order valence-corrected chi connectivity index (χ0v) is 15.0. The Bertz CT molecular complexity index is 461. The molecule has 0 aliphatic carbocycles. The number of amides is 1. The molecule has 112 valence electrons. The van der Waals surface area contributed by atoms with Crippen LogP contribution in [-0.2, 0) is 0 Å². The highest BCUT2D eigenvalue weighted by molar-refractivity contribution is 14.1. The van der Waals surface area contributed by atoms with Crippen molar-refractivity contribution in [1.29, 1.82) is 0 Å². The molecular weight excluding hydrogens is 387 g/mol. The monoisotopic (exact) mass is 408 g/mol. The summed E-state index contributed by atoms with van der Waals surface area (Å²) in [7, 11) is 0. The summed E-state index contributed by atoms with van der Waals surface area (Å²) >= 11 is 2.28. The van der Waals surface area contributed by atoms with Gasteiger partial charge >= 0.3 is 0 Å². The van der Waals surface area contributed by atoms with Gasteiger partial charge in [0.1, 0.15) is 0 Å². The standard InChI is InChI=1S/C15H21IN2O.ClH/c1-3-9-18(12-7-8-17-10-12)15(19)13-6-4-5-11(2)14(13)16;/h4-6,12,17H,3,7-10H2,1-2H3;1H. The van der Waals surface area contributed by atoms with Crippen molar-refractivity contribution in [3.63, 3.8) is 0 Å². The lowest BCUT2D eigenvalue weighted by Crippen LogP contribution is -2.42. The number of aryl methyl sites for hydroxylation is 1. The summed E-state index contributed by atoms with van der Waals surface area (Å²) < 4.78 is 1.08. The third-order valence-electron chi connectivity index (χ3n) is 3.62. The Morgan fingerprint density at radius 1 is 1.50 bits per heavy atom. The van der Waals surface area contributed by atoms with Crippen LogP contribution in [0.4, 0.5) is 0 Å². The number of nitrogens with zero attached hydrogens (tertiary/aromatic N) is 1. The van der Waals surface area contributed by atoms with Crippen molar-refractivity contribution in [2.75, 3.05) is 19.6 Å². The molecule has 1 aromatic rings. The van der Waals surface area contributed by atoms with Crippen molar-refractivity contribution in [2.45, 2.75) is 32.7 Å². The first kappa shape index (κ1) is 17.7. The fraction of sp³-hybridized carbons (Fsp3) is 0.533. The third kappa shape index (κ3) is 3.86. The van der Waals surface area contributed by atoms with Gasteiger partial charge in [0.15, 0.2) is 0 Å². The van der Waals surface area contributed by atoms with Crippen LogP contribution in [0.3, 0.4) is 0 Å². The van der Waals surface area contributed by atoms with Crippen molar-refractivity contribution in [3.8, 4) is 0 Å². The molecule has 1 amide bonds. The largest absolute Gasteiger partial charge is 0.334 e. The predicted octanol–water partition coefficient (Wildman–Crippen LogP) is 3.24. The summed E-state index contributed by atoms with van der Waals surface area (Å²) in [6, 6.07) is 6.33. The Labute approximate surface area is 141 Å². The molecule has 0 aromatic heterocycles. The van der Waals surface area contributed by atoms with Gasteiger partial charge in [0, 0.05) is 22.7 Å². The van der Waals surface area contributed by atoms with Crippen molar-refractivity contribution >= 4 is 40.9 Å². The molecule has 5 heteroatoms. The number of hydrogen-bond acceptors (Lipinski definition) is 2. The second kappa shape index (κ2) is 8.20. The van der Waals surface area contributed by atoms with Gasteiger partial charge in [-0.25, -0.2) is 0 Å². The molecule has 0 radical (unpaired) electrons. The smallest absolute Gasteiger partial charge is 0.255 e. The van der Waals surface area contributed by atoms with E-state index in [1.54, 1.807) is 0 Å². The summed E-state index contributed by atoms with van der Waals surface area (Å²) in [5, 5.41) is 3.35. The van der Waals surface area contributed by atoms with Crippen molar-refractivity contribution in [3.05, 3.63) is 32.9 Å². The van der Waals surface area contributed by atoms with E-state index in [0.717, 1.165) is 41.6 Å². The molecule has 1 unspecified atom stereocenters. The van der Waals surface area contributed by atoms with E-state index in [4.69, 9.17) is 0 Å². The molecule has 3 nitrogen and oxygen atoms in total. The van der Waals surface area contributed by atoms with Gasteiger partial charge in [-0.15, -0.1) is 12.4 Å². The van der Waals surface area contributed by atoms with E-state index in [1.807, 2.05) is 12.1 Å². The topological polar surface area (TPSA) is 32.3 Å². The van der Waals surface area contributed by atoms with E-state index in [1.165, 1.54) is 5.56 Å². The average Bonchev–Trinajstić information content (AvgIpc) is 2.92. The maximum atomic E-state index is 12.8. The number of carbonyl (C=O) groups excluding carboxylic acids is 1. The number of benzene rings is 1. The normalized spacial score (nSPS) is 17.6. The van der Waals surface area contributed by atoms with E-state index in [9.17, 15) is 4.79 Å². The van der Waals surface area contributed by atoms with Gasteiger partial charge in [0.05, 0.1) is 5.56 Å². The van der Waals surface area contributed by atoms with Crippen LogP contribution in [0.5, 0.6) is 0 Å². The molecule has 1 aromatic carbocycles. The maximum absolute atomic E-state index is 12.8. The number of halogens is 2. The van der Waals surface area contributed by atoms with Gasteiger partial charge < -0.3 is 10.2 Å². The van der Waals surface area contributed by atoms with Crippen LogP contribution >= 0.6 is 35.0 Å². The fourth-order valence-corrected chi connectivity index (χ4v) is 3.15. The summed E-state index contributed by atoms with van der Waals surface area (Å²) in [6.45, 7) is 6.97. The van der Waals surface area contributed by atoms with Crippen LogP contribution in [0, 0.1) is 10.5 Å². The molecule has 1 heterocycles. The first-order valence-electron chi connectivity index (χ1n) is 6.92. The molecule has 20 heavy (non-hydrogen) atoms. The molecule has 0 spiro atoms. The lowest BCUT2D eigenvalue weighted by Gasteiger charge is -2.28. The molecule has 1 saturated heterocycles. The second-order valence-electron chi connectivity index (χ2n) is 5.08. The predicted molar refractivity (Wildman–Crippen MR) is 93.7 cm³/mol. The average molecular weight is 409 g/mol. The molecule has 1 aliphatic heterocycles. The van der Waals surface area contributed by atoms with Crippen molar-refractivity contribution in [1.82, 2.24) is 10.2 Å². The Balaban J connectivity index is 0.00000200. The molecule has 1 fully saturated rings. The lowest BCUT2D eigenvalue weighted by atomic mass is 10.1. The van der Waals surface area contributed by atoms with Gasteiger partial charge in [-0.2, -0.15) is 0 Å². The van der Waals surface area contributed by atoms with Gasteiger partial charge in [-0.1, -0.05) is 19.1 Å². The van der Waals surface area contributed by atoms with Gasteiger partial charge in [0.2, 0.25) is 0 Å². The summed E-state index contributed by atoms with van der Waals surface area (Å²) in [6.07, 6.45) is 2.07. The minimum atomic E-state index is 0. The highest BCUT2D eigenvalue weighted by Crippen LogP contribution is 2.21. The van der Waals surface area contributed by atoms with Crippen LogP contribution in [0.2, 0.25) is 0 Å². The Hall–Kier alpha value is -0.330. The Morgan fingerprint density at radius 2 is 2.25 bits per heavy atom. The number of hydrogen-bond donors (Lipinski definition) is 1. The van der Waals surface area contributed by atoms with Crippen LogP contribution in [0.15, 0.2) is 18.2 Å². The summed E-state index contributed by atoms with van der Waals surface area (Å²) in [5.74, 6) is 0.184. The van der Waals surface area contributed by atoms with E-state index in [2.05, 4.69) is 52.7 Å². The molecular formula is C15H22ClIN2O. The van der Waals surface area contributed by atoms with Gasteiger partial charge in [0.25, 0.3) is 5.91 Å². The number of rotatable bonds is 4. The van der Waals surface area contributed by atoms with Crippen LogP contribution in [0.1, 0.15) is 35.7 Å². The van der Waals surface area contributed by atoms with Gasteiger partial charge in [-0.05, 0) is 60.5 Å². The Kier molecular flexibility index (Phi) is 7.26. The molecule has 0 saturated carbocycles. The lowest BCUT2D eigenvalue weighted by molar-refractivity contribution is 0.0691. The Morgan fingerprint density at radius 3 is 2.85 bits per heavy atom. The zero-order chi connectivity index (χ0) is 13.8. The highest BCUT2D eigenvalue weighted by Gasteiger charge is 2.27. The van der Waals surface area contributed by atoms with Crippen LogP contribution < -0.4 is 5.32 Å². The minimum Gasteiger partial charge on any atom is -0.334 e. The SMILES string of the molecule is CCCN(C(=O)c1cccc(C)c1I)C1CCNC1.Cl. The minimum absolute atomic E-state index is 0. The first-order valence-corrected chi connectivity index (χ1v) is 7.99. The quantitative estimate of drug-likeness (QED) is 0.776. The first-order chi connectivity index (χ1) is 9.15. The molecule has 1 aliphatic rings. The third-order valence-corrected chi connectivity index (χ3v) is 5.05. The van der Waals surface area contributed by atoms with Crippen molar-refractivity contribution in [2.24, 2.45) is 0 Å². The molecule has 1 atom stereocenters. The molecule has 1 N–H and O–H groups in total. The van der Waals surface area contributed by atoms with Crippen molar-refractivity contribution < 1.29 is 4.79 Å². The van der Waals surface area contributed by atoms with E-state index < -0.39 is 0 Å². The maximum Gasteiger partial charge on any atom is 0.255 e. The van der Waals surface area contributed by atoms with Gasteiger partial charge in [-0.3, -0.25) is 4.79 Å². The van der Waals surface area contributed by atoms with Crippen LogP contribution in [0.25, 0.3) is 0 Å².